The number of anilines is 1. The van der Waals surface area contributed by atoms with Crippen molar-refractivity contribution in [1.82, 2.24) is 0 Å². The third-order valence-corrected chi connectivity index (χ3v) is 3.15. The van der Waals surface area contributed by atoms with Crippen LogP contribution < -0.4 is 5.32 Å². The largest absolute Gasteiger partial charge is 0.317 e. The van der Waals surface area contributed by atoms with E-state index in [0.29, 0.717) is 5.56 Å². The van der Waals surface area contributed by atoms with Gasteiger partial charge in [-0.05, 0) is 17.7 Å². The Bertz CT molecular complexity index is 939. The summed E-state index contributed by atoms with van der Waals surface area (Å²) in [4.78, 5) is 42.1. The first-order valence-corrected chi connectivity index (χ1v) is 6.94. The van der Waals surface area contributed by atoms with Gasteiger partial charge >= 0.3 is 0 Å². The van der Waals surface area contributed by atoms with Crippen molar-refractivity contribution in [3.8, 4) is 0 Å². The third-order valence-electron chi connectivity index (χ3n) is 3.15. The van der Waals surface area contributed by atoms with Gasteiger partial charge in [-0.15, -0.1) is 0 Å². The standard InChI is InChI=1S/C15H10N4O7/c20-15(7-4-10-2-1-3-11(8-10)17(21)22)16-13-6-5-12(18(23)24)9-14(13)19(25)26/h1-9H,(H,16,20). The van der Waals surface area contributed by atoms with E-state index in [4.69, 9.17) is 0 Å². The quantitative estimate of drug-likeness (QED) is 0.472. The van der Waals surface area contributed by atoms with Crippen LogP contribution in [0.15, 0.2) is 48.5 Å². The fourth-order valence-corrected chi connectivity index (χ4v) is 1.98. The number of hydrogen-bond donors (Lipinski definition) is 1. The Labute approximate surface area is 145 Å². The summed E-state index contributed by atoms with van der Waals surface area (Å²) in [5, 5.41) is 34.6. The van der Waals surface area contributed by atoms with E-state index in [1.54, 1.807) is 0 Å². The predicted molar refractivity (Wildman–Crippen MR) is 90.5 cm³/mol. The molecule has 11 nitrogen and oxygen atoms in total. The number of carbonyl (C=O) groups is 1. The number of carbonyl (C=O) groups excluding carboxylic acids is 1. The van der Waals surface area contributed by atoms with Gasteiger partial charge in [-0.3, -0.25) is 35.1 Å². The summed E-state index contributed by atoms with van der Waals surface area (Å²) in [6.07, 6.45) is 2.32. The minimum Gasteiger partial charge on any atom is -0.317 e. The van der Waals surface area contributed by atoms with Gasteiger partial charge in [0.25, 0.3) is 17.1 Å². The second-order valence-corrected chi connectivity index (χ2v) is 4.89. The summed E-state index contributed by atoms with van der Waals surface area (Å²) in [7, 11) is 0. The van der Waals surface area contributed by atoms with E-state index < -0.39 is 32.1 Å². The number of nitro benzene ring substituents is 3. The number of hydrogen-bond acceptors (Lipinski definition) is 7. The van der Waals surface area contributed by atoms with E-state index >= 15 is 0 Å². The Kier molecular flexibility index (Phi) is 5.33. The van der Waals surface area contributed by atoms with Crippen LogP contribution in [0.1, 0.15) is 5.56 Å². The first-order valence-electron chi connectivity index (χ1n) is 6.94. The maximum atomic E-state index is 11.9. The van der Waals surface area contributed by atoms with Gasteiger partial charge in [0.2, 0.25) is 5.91 Å². The maximum absolute atomic E-state index is 11.9. The number of nitro groups is 3. The van der Waals surface area contributed by atoms with Crippen LogP contribution in [-0.2, 0) is 4.79 Å². The van der Waals surface area contributed by atoms with Gasteiger partial charge in [-0.2, -0.15) is 0 Å². The van der Waals surface area contributed by atoms with Gasteiger partial charge in [0.05, 0.1) is 20.8 Å². The van der Waals surface area contributed by atoms with Crippen molar-refractivity contribution in [3.05, 3.63) is 84.4 Å². The highest BCUT2D eigenvalue weighted by Gasteiger charge is 2.20. The van der Waals surface area contributed by atoms with Crippen LogP contribution in [0.3, 0.4) is 0 Å². The molecule has 0 unspecified atom stereocenters. The van der Waals surface area contributed by atoms with Crippen LogP contribution in [0.2, 0.25) is 0 Å². The summed E-state index contributed by atoms with van der Waals surface area (Å²) >= 11 is 0. The van der Waals surface area contributed by atoms with E-state index in [1.807, 2.05) is 0 Å². The lowest BCUT2D eigenvalue weighted by molar-refractivity contribution is -0.393. The Balaban J connectivity index is 2.19. The van der Waals surface area contributed by atoms with E-state index in [2.05, 4.69) is 5.32 Å². The Morgan fingerprint density at radius 3 is 2.15 bits per heavy atom. The highest BCUT2D eigenvalue weighted by Crippen LogP contribution is 2.28. The maximum Gasteiger partial charge on any atom is 0.299 e. The number of non-ortho nitro benzene ring substituents is 2. The number of amides is 1. The molecule has 1 amide bonds. The molecule has 0 aromatic heterocycles. The molecule has 0 aliphatic heterocycles. The van der Waals surface area contributed by atoms with Crippen LogP contribution in [-0.4, -0.2) is 20.7 Å². The second kappa shape index (κ2) is 7.61. The Hall–Kier alpha value is -4.15. The summed E-state index contributed by atoms with van der Waals surface area (Å²) in [5.41, 5.74) is -1.10. The molecule has 11 heteroatoms. The fraction of sp³-hybridized carbons (Fsp3) is 0. The molecule has 0 saturated heterocycles. The zero-order valence-corrected chi connectivity index (χ0v) is 12.9. The number of nitrogens with zero attached hydrogens (tertiary/aromatic N) is 3. The van der Waals surface area contributed by atoms with Gasteiger partial charge in [0, 0.05) is 24.3 Å². The van der Waals surface area contributed by atoms with Gasteiger partial charge < -0.3 is 5.32 Å². The van der Waals surface area contributed by atoms with Crippen LogP contribution in [0.25, 0.3) is 6.08 Å². The first-order chi connectivity index (χ1) is 12.3. The van der Waals surface area contributed by atoms with Crippen molar-refractivity contribution in [3.63, 3.8) is 0 Å². The van der Waals surface area contributed by atoms with Gasteiger partial charge in [-0.25, -0.2) is 0 Å². The molecule has 26 heavy (non-hydrogen) atoms. The molecule has 0 fully saturated rings. The van der Waals surface area contributed by atoms with Crippen LogP contribution in [0.5, 0.6) is 0 Å². The highest BCUT2D eigenvalue weighted by molar-refractivity contribution is 6.03. The van der Waals surface area contributed by atoms with Crippen LogP contribution >= 0.6 is 0 Å². The molecule has 0 heterocycles. The zero-order valence-electron chi connectivity index (χ0n) is 12.9. The summed E-state index contributed by atoms with van der Waals surface area (Å²) in [6.45, 7) is 0. The first kappa shape index (κ1) is 18.2. The minimum absolute atomic E-state index is 0.154. The minimum atomic E-state index is -0.854. The van der Waals surface area contributed by atoms with E-state index in [0.717, 1.165) is 24.3 Å². The molecule has 0 bridgehead atoms. The average molecular weight is 358 g/mol. The molecular formula is C15H10N4O7. The lowest BCUT2D eigenvalue weighted by Gasteiger charge is -2.03. The van der Waals surface area contributed by atoms with Crippen molar-refractivity contribution >= 4 is 34.7 Å². The molecule has 132 valence electrons. The van der Waals surface area contributed by atoms with Crippen molar-refractivity contribution in [2.75, 3.05) is 5.32 Å². The molecule has 0 radical (unpaired) electrons. The summed E-state index contributed by atoms with van der Waals surface area (Å²) in [6, 6.07) is 8.32. The lowest BCUT2D eigenvalue weighted by Crippen LogP contribution is -2.09. The SMILES string of the molecule is O=C(C=Cc1cccc([N+](=O)[O-])c1)Nc1ccc([N+](=O)[O-])cc1[N+](=O)[O-]. The van der Waals surface area contributed by atoms with Gasteiger partial charge in [0.1, 0.15) is 5.69 Å². The van der Waals surface area contributed by atoms with E-state index in [-0.39, 0.29) is 11.4 Å². The summed E-state index contributed by atoms with van der Waals surface area (Å²) in [5.74, 6) is -0.742. The fourth-order valence-electron chi connectivity index (χ4n) is 1.98. The van der Waals surface area contributed by atoms with E-state index in [9.17, 15) is 35.1 Å². The average Bonchev–Trinajstić information content (AvgIpc) is 2.60. The van der Waals surface area contributed by atoms with E-state index in [1.165, 1.54) is 30.3 Å². The molecule has 2 aromatic carbocycles. The van der Waals surface area contributed by atoms with Crippen molar-refractivity contribution in [2.24, 2.45) is 0 Å². The second-order valence-electron chi connectivity index (χ2n) is 4.89. The molecule has 0 spiro atoms. The van der Waals surface area contributed by atoms with Crippen LogP contribution in [0, 0.1) is 30.3 Å². The monoisotopic (exact) mass is 358 g/mol. The zero-order chi connectivity index (χ0) is 19.3. The molecule has 0 atom stereocenters. The normalized spacial score (nSPS) is 10.5. The Morgan fingerprint density at radius 1 is 0.885 bits per heavy atom. The van der Waals surface area contributed by atoms with Crippen molar-refractivity contribution in [1.29, 1.82) is 0 Å². The predicted octanol–water partition coefficient (Wildman–Crippen LogP) is 3.06. The lowest BCUT2D eigenvalue weighted by atomic mass is 10.2. The third kappa shape index (κ3) is 4.44. The molecule has 0 saturated carbocycles. The van der Waals surface area contributed by atoms with Crippen LogP contribution in [0.4, 0.5) is 22.7 Å². The highest BCUT2D eigenvalue weighted by atomic mass is 16.6. The molecule has 2 rings (SSSR count). The van der Waals surface area contributed by atoms with Crippen molar-refractivity contribution < 1.29 is 19.6 Å². The molecule has 0 aliphatic carbocycles. The van der Waals surface area contributed by atoms with Gasteiger partial charge in [0.15, 0.2) is 0 Å². The number of nitrogens with one attached hydrogen (secondary N) is 1. The number of benzene rings is 2. The Morgan fingerprint density at radius 2 is 1.54 bits per heavy atom. The molecule has 1 N–H and O–H groups in total. The van der Waals surface area contributed by atoms with Crippen molar-refractivity contribution in [2.45, 2.75) is 0 Å². The summed E-state index contributed by atoms with van der Waals surface area (Å²) < 4.78 is 0. The number of rotatable bonds is 6. The molecular weight excluding hydrogens is 348 g/mol. The van der Waals surface area contributed by atoms with Gasteiger partial charge in [-0.1, -0.05) is 12.1 Å². The molecule has 2 aromatic rings. The molecule has 0 aliphatic rings. The smallest absolute Gasteiger partial charge is 0.299 e. The topological polar surface area (TPSA) is 159 Å².